The van der Waals surface area contributed by atoms with Gasteiger partial charge in [-0.2, -0.15) is 0 Å². The zero-order valence-electron chi connectivity index (χ0n) is 12.9. The molecule has 1 aromatic carbocycles. The maximum absolute atomic E-state index is 12.7. The molecule has 23 heavy (non-hydrogen) atoms. The van der Waals surface area contributed by atoms with Gasteiger partial charge in [-0.05, 0) is 25.0 Å². The minimum absolute atomic E-state index is 0.0398. The standard InChI is InChI=1S/C17H19NO3S2/c1-21-13-9-5-6-11(15(13)19)10-14-16(20)18(17(22)23-14)12-7-3-2-4-8-12/h5-6,9-10,12,19H,2-4,7-8H2,1H3/b14-10+. The number of methoxy groups -OCH3 is 1. The van der Waals surface area contributed by atoms with Gasteiger partial charge in [0, 0.05) is 11.6 Å². The van der Waals surface area contributed by atoms with Crippen LogP contribution in [0.1, 0.15) is 37.7 Å². The van der Waals surface area contributed by atoms with Gasteiger partial charge in [-0.1, -0.05) is 55.4 Å². The molecule has 1 saturated heterocycles. The van der Waals surface area contributed by atoms with E-state index in [1.165, 1.54) is 25.3 Å². The Balaban J connectivity index is 1.87. The van der Waals surface area contributed by atoms with Crippen molar-refractivity contribution in [3.8, 4) is 11.5 Å². The SMILES string of the molecule is COc1cccc(/C=C2/SC(=S)N(C3CCCCC3)C2=O)c1O. The average molecular weight is 349 g/mol. The highest BCUT2D eigenvalue weighted by atomic mass is 32.2. The summed E-state index contributed by atoms with van der Waals surface area (Å²) in [5.41, 5.74) is 0.563. The highest BCUT2D eigenvalue weighted by Crippen LogP contribution is 2.39. The summed E-state index contributed by atoms with van der Waals surface area (Å²) in [4.78, 5) is 15.0. The highest BCUT2D eigenvalue weighted by Gasteiger charge is 2.37. The number of para-hydroxylation sites is 1. The Hall–Kier alpha value is -1.53. The number of carbonyl (C=O) groups excluding carboxylic acids is 1. The molecule has 4 nitrogen and oxygen atoms in total. The van der Waals surface area contributed by atoms with Crippen molar-refractivity contribution in [1.82, 2.24) is 4.90 Å². The lowest BCUT2D eigenvalue weighted by Gasteiger charge is -2.29. The van der Waals surface area contributed by atoms with E-state index in [0.29, 0.717) is 20.5 Å². The van der Waals surface area contributed by atoms with E-state index in [-0.39, 0.29) is 17.7 Å². The number of phenols is 1. The molecule has 2 fully saturated rings. The number of nitrogens with zero attached hydrogens (tertiary/aromatic N) is 1. The molecule has 3 rings (SSSR count). The Morgan fingerprint density at radius 3 is 2.78 bits per heavy atom. The van der Waals surface area contributed by atoms with Crippen LogP contribution in [0.5, 0.6) is 11.5 Å². The highest BCUT2D eigenvalue weighted by molar-refractivity contribution is 8.26. The van der Waals surface area contributed by atoms with Crippen molar-refractivity contribution in [3.63, 3.8) is 0 Å². The zero-order chi connectivity index (χ0) is 16.4. The van der Waals surface area contributed by atoms with Gasteiger partial charge in [-0.25, -0.2) is 0 Å². The van der Waals surface area contributed by atoms with Crippen LogP contribution in [-0.4, -0.2) is 33.4 Å². The lowest BCUT2D eigenvalue weighted by molar-refractivity contribution is -0.124. The Morgan fingerprint density at radius 1 is 1.35 bits per heavy atom. The fraction of sp³-hybridized carbons (Fsp3) is 0.412. The van der Waals surface area contributed by atoms with Gasteiger partial charge in [0.1, 0.15) is 4.32 Å². The summed E-state index contributed by atoms with van der Waals surface area (Å²) in [6.07, 6.45) is 7.27. The van der Waals surface area contributed by atoms with Gasteiger partial charge < -0.3 is 9.84 Å². The van der Waals surface area contributed by atoms with E-state index >= 15 is 0 Å². The molecular formula is C17H19NO3S2. The lowest BCUT2D eigenvalue weighted by Crippen LogP contribution is -2.39. The molecule has 1 N–H and O–H groups in total. The third kappa shape index (κ3) is 3.23. The Bertz CT molecular complexity index is 666. The van der Waals surface area contributed by atoms with Gasteiger partial charge >= 0.3 is 0 Å². The fourth-order valence-electron chi connectivity index (χ4n) is 3.10. The molecular weight excluding hydrogens is 330 g/mol. The summed E-state index contributed by atoms with van der Waals surface area (Å²) in [5, 5.41) is 10.2. The van der Waals surface area contributed by atoms with Gasteiger partial charge in [-0.15, -0.1) is 0 Å². The smallest absolute Gasteiger partial charge is 0.266 e. The first-order valence-corrected chi connectivity index (χ1v) is 8.97. The number of thiocarbonyl (C=S) groups is 1. The molecule has 1 aliphatic heterocycles. The van der Waals surface area contributed by atoms with Gasteiger partial charge in [0.25, 0.3) is 5.91 Å². The van der Waals surface area contributed by atoms with Crippen molar-refractivity contribution in [2.24, 2.45) is 0 Å². The Labute approximate surface area is 145 Å². The summed E-state index contributed by atoms with van der Waals surface area (Å²) >= 11 is 6.72. The average Bonchev–Trinajstić information content (AvgIpc) is 2.84. The molecule has 1 heterocycles. The van der Waals surface area contributed by atoms with E-state index in [2.05, 4.69) is 0 Å². The zero-order valence-corrected chi connectivity index (χ0v) is 14.6. The number of amides is 1. The Morgan fingerprint density at radius 2 is 2.09 bits per heavy atom. The molecule has 1 saturated carbocycles. The Kier molecular flexibility index (Phi) is 4.92. The third-order valence-electron chi connectivity index (χ3n) is 4.30. The maximum Gasteiger partial charge on any atom is 0.266 e. The van der Waals surface area contributed by atoms with Crippen molar-refractivity contribution in [2.75, 3.05) is 7.11 Å². The van der Waals surface area contributed by atoms with Crippen LogP contribution in [-0.2, 0) is 4.79 Å². The van der Waals surface area contributed by atoms with Gasteiger partial charge in [0.15, 0.2) is 11.5 Å². The number of thioether (sulfide) groups is 1. The normalized spacial score (nSPS) is 21.3. The molecule has 0 spiro atoms. The van der Waals surface area contributed by atoms with Crippen LogP contribution in [0, 0.1) is 0 Å². The van der Waals surface area contributed by atoms with Crippen molar-refractivity contribution in [1.29, 1.82) is 0 Å². The van der Waals surface area contributed by atoms with E-state index in [4.69, 9.17) is 17.0 Å². The monoisotopic (exact) mass is 349 g/mol. The molecule has 1 aliphatic carbocycles. The van der Waals surface area contributed by atoms with Gasteiger partial charge in [-0.3, -0.25) is 9.69 Å². The van der Waals surface area contributed by atoms with Gasteiger partial charge in [0.2, 0.25) is 0 Å². The van der Waals surface area contributed by atoms with Crippen LogP contribution in [0.25, 0.3) is 6.08 Å². The number of hydrogen-bond donors (Lipinski definition) is 1. The van der Waals surface area contributed by atoms with Crippen LogP contribution in [0.15, 0.2) is 23.1 Å². The topological polar surface area (TPSA) is 49.8 Å². The predicted octanol–water partition coefficient (Wildman–Crippen LogP) is 3.93. The molecule has 0 unspecified atom stereocenters. The quantitative estimate of drug-likeness (QED) is 0.662. The van der Waals surface area contributed by atoms with Crippen molar-refractivity contribution in [2.45, 2.75) is 38.1 Å². The summed E-state index contributed by atoms with van der Waals surface area (Å²) in [6.45, 7) is 0. The minimum Gasteiger partial charge on any atom is -0.504 e. The molecule has 0 radical (unpaired) electrons. The molecule has 1 amide bonds. The third-order valence-corrected chi connectivity index (χ3v) is 5.63. The first-order chi connectivity index (χ1) is 11.1. The molecule has 0 bridgehead atoms. The second-order valence-electron chi connectivity index (χ2n) is 5.74. The number of hydrogen-bond acceptors (Lipinski definition) is 5. The van der Waals surface area contributed by atoms with E-state index in [1.807, 2.05) is 0 Å². The largest absolute Gasteiger partial charge is 0.504 e. The number of carbonyl (C=O) groups is 1. The van der Waals surface area contributed by atoms with E-state index in [1.54, 1.807) is 29.2 Å². The minimum atomic E-state index is -0.0471. The predicted molar refractivity (Wildman–Crippen MR) is 96.5 cm³/mol. The van der Waals surface area contributed by atoms with Crippen molar-refractivity contribution < 1.29 is 14.6 Å². The van der Waals surface area contributed by atoms with E-state index in [9.17, 15) is 9.90 Å². The first kappa shape index (κ1) is 16.3. The summed E-state index contributed by atoms with van der Waals surface area (Å²) < 4.78 is 5.73. The van der Waals surface area contributed by atoms with Crippen molar-refractivity contribution in [3.05, 3.63) is 28.7 Å². The van der Waals surface area contributed by atoms with Gasteiger partial charge in [0.05, 0.1) is 12.0 Å². The summed E-state index contributed by atoms with van der Waals surface area (Å²) in [5.74, 6) is 0.383. The summed E-state index contributed by atoms with van der Waals surface area (Å²) in [6, 6.07) is 5.44. The molecule has 1 aromatic rings. The number of aromatic hydroxyl groups is 1. The number of rotatable bonds is 3. The van der Waals surface area contributed by atoms with Crippen LogP contribution < -0.4 is 4.74 Å². The maximum atomic E-state index is 12.7. The van der Waals surface area contributed by atoms with Crippen molar-refractivity contribution >= 4 is 40.3 Å². The van der Waals surface area contributed by atoms with Crippen LogP contribution in [0.2, 0.25) is 0 Å². The molecule has 0 atom stereocenters. The lowest BCUT2D eigenvalue weighted by atomic mass is 9.94. The number of phenolic OH excluding ortho intramolecular Hbond substituents is 1. The van der Waals surface area contributed by atoms with Crippen LogP contribution in [0.4, 0.5) is 0 Å². The van der Waals surface area contributed by atoms with Crippen LogP contribution >= 0.6 is 24.0 Å². The molecule has 2 aliphatic rings. The second kappa shape index (κ2) is 6.93. The number of ether oxygens (including phenoxy) is 1. The molecule has 0 aromatic heterocycles. The first-order valence-electron chi connectivity index (χ1n) is 7.75. The van der Waals surface area contributed by atoms with Crippen LogP contribution in [0.3, 0.4) is 0 Å². The molecule has 122 valence electrons. The van der Waals surface area contributed by atoms with E-state index < -0.39 is 0 Å². The second-order valence-corrected chi connectivity index (χ2v) is 7.42. The fourth-order valence-corrected chi connectivity index (χ4v) is 4.49. The van der Waals surface area contributed by atoms with E-state index in [0.717, 1.165) is 25.7 Å². The summed E-state index contributed by atoms with van der Waals surface area (Å²) in [7, 11) is 1.50. The number of benzene rings is 1. The molecule has 6 heteroatoms.